The third-order valence-electron chi connectivity index (χ3n) is 2.20. The summed E-state index contributed by atoms with van der Waals surface area (Å²) in [6.07, 6.45) is 0.970. The number of rotatable bonds is 6. The van der Waals surface area contributed by atoms with Crippen LogP contribution in [-0.2, 0) is 4.74 Å². The van der Waals surface area contributed by atoms with Crippen molar-refractivity contribution in [1.29, 1.82) is 0 Å². The summed E-state index contributed by atoms with van der Waals surface area (Å²) in [5.41, 5.74) is 1.19. The van der Waals surface area contributed by atoms with E-state index >= 15 is 0 Å². The molecule has 0 aliphatic rings. The number of hydrogen-bond donors (Lipinski definition) is 1. The van der Waals surface area contributed by atoms with Crippen LogP contribution in [0.15, 0.2) is 23.1 Å². The summed E-state index contributed by atoms with van der Waals surface area (Å²) < 4.78 is 4.95. The van der Waals surface area contributed by atoms with E-state index in [9.17, 15) is 4.79 Å². The first-order valence-electron chi connectivity index (χ1n) is 5.11. The van der Waals surface area contributed by atoms with Gasteiger partial charge in [0.25, 0.3) is 0 Å². The molecular formula is C12H16O3S. The predicted molar refractivity (Wildman–Crippen MR) is 65.4 cm³/mol. The Morgan fingerprint density at radius 1 is 1.50 bits per heavy atom. The first-order valence-corrected chi connectivity index (χ1v) is 6.09. The van der Waals surface area contributed by atoms with Crippen molar-refractivity contribution in [1.82, 2.24) is 0 Å². The summed E-state index contributed by atoms with van der Waals surface area (Å²) in [6.45, 7) is 2.55. The zero-order valence-electron chi connectivity index (χ0n) is 9.53. The highest BCUT2D eigenvalue weighted by Gasteiger charge is 2.07. The first kappa shape index (κ1) is 13.1. The Labute approximate surface area is 99.8 Å². The fourth-order valence-corrected chi connectivity index (χ4v) is 2.18. The average Bonchev–Trinajstić information content (AvgIpc) is 2.26. The van der Waals surface area contributed by atoms with E-state index in [1.165, 1.54) is 0 Å². The van der Waals surface area contributed by atoms with E-state index in [4.69, 9.17) is 9.84 Å². The summed E-state index contributed by atoms with van der Waals surface area (Å²) in [5.74, 6) is 0.0764. The summed E-state index contributed by atoms with van der Waals surface area (Å²) in [6, 6.07) is 5.54. The highest BCUT2D eigenvalue weighted by molar-refractivity contribution is 7.99. The van der Waals surface area contributed by atoms with Crippen molar-refractivity contribution in [3.63, 3.8) is 0 Å². The molecule has 1 N–H and O–H groups in total. The van der Waals surface area contributed by atoms with Crippen molar-refractivity contribution in [3.05, 3.63) is 29.3 Å². The summed E-state index contributed by atoms with van der Waals surface area (Å²) in [5, 5.41) is 8.97. The summed E-state index contributed by atoms with van der Waals surface area (Å²) in [7, 11) is 1.68. The molecular weight excluding hydrogens is 224 g/mol. The molecule has 0 bridgehead atoms. The van der Waals surface area contributed by atoms with E-state index in [1.54, 1.807) is 24.9 Å². The van der Waals surface area contributed by atoms with E-state index in [1.807, 2.05) is 19.1 Å². The summed E-state index contributed by atoms with van der Waals surface area (Å²) in [4.78, 5) is 11.9. The number of carbonyl (C=O) groups is 1. The maximum atomic E-state index is 10.9. The Hall–Kier alpha value is -1.00. The number of thioether (sulfide) groups is 1. The van der Waals surface area contributed by atoms with Gasteiger partial charge in [0.2, 0.25) is 0 Å². The Bertz CT molecular complexity index is 363. The van der Waals surface area contributed by atoms with E-state index in [2.05, 4.69) is 0 Å². The fourth-order valence-electron chi connectivity index (χ4n) is 1.31. The van der Waals surface area contributed by atoms with E-state index in [0.29, 0.717) is 5.56 Å². The second-order valence-corrected chi connectivity index (χ2v) is 4.65. The topological polar surface area (TPSA) is 46.5 Å². The number of hydrogen-bond acceptors (Lipinski definition) is 3. The van der Waals surface area contributed by atoms with Gasteiger partial charge in [-0.2, -0.15) is 0 Å². The molecule has 0 spiro atoms. The normalized spacial score (nSPS) is 10.4. The van der Waals surface area contributed by atoms with Gasteiger partial charge in [-0.1, -0.05) is 6.07 Å². The fraction of sp³-hybridized carbons (Fsp3) is 0.417. The van der Waals surface area contributed by atoms with Gasteiger partial charge in [0.1, 0.15) is 0 Å². The van der Waals surface area contributed by atoms with Gasteiger partial charge in [-0.25, -0.2) is 4.79 Å². The van der Waals surface area contributed by atoms with Gasteiger partial charge < -0.3 is 9.84 Å². The Balaban J connectivity index is 2.61. The molecule has 0 aliphatic carbocycles. The monoisotopic (exact) mass is 240 g/mol. The number of carboxylic acids is 1. The van der Waals surface area contributed by atoms with Gasteiger partial charge in [0.05, 0.1) is 5.56 Å². The standard InChI is InChI=1S/C12H16O3S/c1-9-4-5-10(8-11(9)12(13)14)16-7-3-6-15-2/h4-5,8H,3,6-7H2,1-2H3,(H,13,14). The quantitative estimate of drug-likeness (QED) is 0.613. The predicted octanol–water partition coefficient (Wildman–Crippen LogP) is 2.82. The van der Waals surface area contributed by atoms with Crippen molar-refractivity contribution in [2.24, 2.45) is 0 Å². The van der Waals surface area contributed by atoms with Gasteiger partial charge in [-0.15, -0.1) is 11.8 Å². The minimum atomic E-state index is -0.864. The number of ether oxygens (including phenoxy) is 1. The lowest BCUT2D eigenvalue weighted by Gasteiger charge is -2.05. The molecule has 3 nitrogen and oxygen atoms in total. The zero-order chi connectivity index (χ0) is 12.0. The van der Waals surface area contributed by atoms with Crippen LogP contribution in [-0.4, -0.2) is 30.5 Å². The molecule has 0 saturated carbocycles. The average molecular weight is 240 g/mol. The molecule has 0 radical (unpaired) electrons. The van der Waals surface area contributed by atoms with Crippen molar-refractivity contribution in [2.45, 2.75) is 18.2 Å². The number of benzene rings is 1. The van der Waals surface area contributed by atoms with Gasteiger partial charge in [-0.05, 0) is 31.0 Å². The van der Waals surface area contributed by atoms with Crippen molar-refractivity contribution in [2.75, 3.05) is 19.5 Å². The second kappa shape index (κ2) is 6.55. The molecule has 0 unspecified atom stereocenters. The smallest absolute Gasteiger partial charge is 0.335 e. The number of aromatic carboxylic acids is 1. The molecule has 0 aromatic heterocycles. The third-order valence-corrected chi connectivity index (χ3v) is 3.28. The van der Waals surface area contributed by atoms with E-state index in [-0.39, 0.29) is 0 Å². The number of carboxylic acid groups (broad SMARTS) is 1. The number of aryl methyl sites for hydroxylation is 1. The van der Waals surface area contributed by atoms with E-state index in [0.717, 1.165) is 29.2 Å². The summed E-state index contributed by atoms with van der Waals surface area (Å²) >= 11 is 1.66. The lowest BCUT2D eigenvalue weighted by Crippen LogP contribution is -1.99. The molecule has 0 atom stereocenters. The molecule has 88 valence electrons. The molecule has 0 heterocycles. The maximum Gasteiger partial charge on any atom is 0.335 e. The van der Waals surface area contributed by atoms with Crippen LogP contribution >= 0.6 is 11.8 Å². The molecule has 0 amide bonds. The molecule has 1 aromatic rings. The molecule has 0 saturated heterocycles. The van der Waals surface area contributed by atoms with E-state index < -0.39 is 5.97 Å². The minimum absolute atomic E-state index is 0.386. The third kappa shape index (κ3) is 3.87. The second-order valence-electron chi connectivity index (χ2n) is 3.48. The van der Waals surface area contributed by atoms with Gasteiger partial charge in [0.15, 0.2) is 0 Å². The molecule has 0 aliphatic heterocycles. The lowest BCUT2D eigenvalue weighted by molar-refractivity contribution is 0.0696. The minimum Gasteiger partial charge on any atom is -0.478 e. The van der Waals surface area contributed by atoms with Crippen LogP contribution in [0.4, 0.5) is 0 Å². The maximum absolute atomic E-state index is 10.9. The Morgan fingerprint density at radius 3 is 2.88 bits per heavy atom. The van der Waals surface area contributed by atoms with Gasteiger partial charge in [-0.3, -0.25) is 0 Å². The molecule has 4 heteroatoms. The lowest BCUT2D eigenvalue weighted by atomic mass is 10.1. The molecule has 16 heavy (non-hydrogen) atoms. The van der Waals surface area contributed by atoms with Crippen molar-refractivity contribution < 1.29 is 14.6 Å². The Morgan fingerprint density at radius 2 is 2.25 bits per heavy atom. The first-order chi connectivity index (χ1) is 7.65. The van der Waals surface area contributed by atoms with Crippen LogP contribution in [0.3, 0.4) is 0 Å². The van der Waals surface area contributed by atoms with Crippen LogP contribution in [0, 0.1) is 6.92 Å². The molecule has 1 aromatic carbocycles. The van der Waals surface area contributed by atoms with Crippen molar-refractivity contribution >= 4 is 17.7 Å². The van der Waals surface area contributed by atoms with Crippen LogP contribution < -0.4 is 0 Å². The molecule has 0 fully saturated rings. The largest absolute Gasteiger partial charge is 0.478 e. The number of methoxy groups -OCH3 is 1. The van der Waals surface area contributed by atoms with Crippen LogP contribution in [0.1, 0.15) is 22.3 Å². The van der Waals surface area contributed by atoms with Crippen LogP contribution in [0.5, 0.6) is 0 Å². The van der Waals surface area contributed by atoms with Gasteiger partial charge in [0, 0.05) is 24.4 Å². The van der Waals surface area contributed by atoms with Crippen LogP contribution in [0.2, 0.25) is 0 Å². The van der Waals surface area contributed by atoms with Gasteiger partial charge >= 0.3 is 5.97 Å². The zero-order valence-corrected chi connectivity index (χ0v) is 10.3. The van der Waals surface area contributed by atoms with Crippen LogP contribution in [0.25, 0.3) is 0 Å². The molecule has 1 rings (SSSR count). The Kier molecular flexibility index (Phi) is 5.35. The highest BCUT2D eigenvalue weighted by atomic mass is 32.2. The SMILES string of the molecule is COCCCSc1ccc(C)c(C(=O)O)c1. The highest BCUT2D eigenvalue weighted by Crippen LogP contribution is 2.22. The van der Waals surface area contributed by atoms with Crippen molar-refractivity contribution in [3.8, 4) is 0 Å².